The highest BCUT2D eigenvalue weighted by atomic mass is 19.4. The monoisotopic (exact) mass is 466 g/mol. The van der Waals surface area contributed by atoms with Crippen molar-refractivity contribution in [2.45, 2.75) is 12.7 Å². The van der Waals surface area contributed by atoms with Crippen LogP contribution in [0, 0.1) is 0 Å². The third kappa shape index (κ3) is 4.91. The maximum atomic E-state index is 13.6. The van der Waals surface area contributed by atoms with Gasteiger partial charge in [-0.25, -0.2) is 0 Å². The van der Waals surface area contributed by atoms with E-state index in [9.17, 15) is 18.0 Å². The van der Waals surface area contributed by atoms with Crippen LogP contribution in [0.2, 0.25) is 0 Å². The van der Waals surface area contributed by atoms with Crippen molar-refractivity contribution < 1.29 is 22.6 Å². The van der Waals surface area contributed by atoms with Crippen LogP contribution in [0.3, 0.4) is 0 Å². The molecule has 2 N–H and O–H groups in total. The number of hydrogen-bond donors (Lipinski definition) is 1. The molecule has 0 fully saturated rings. The normalized spacial score (nSPS) is 11.3. The van der Waals surface area contributed by atoms with Crippen molar-refractivity contribution in [3.05, 3.63) is 106 Å². The standard InChI is InChI=1S/C26H21F3N2O3/c1-33-19-11-13-21(14-12-19)34-20-9-7-18(8-10-20)23-15-22(26(27,28)29)24(30)25(32)31(23)16-17-5-3-2-4-6-17/h2-15H,16,30H2,1H3. The maximum Gasteiger partial charge on any atom is 0.418 e. The topological polar surface area (TPSA) is 66.5 Å². The molecule has 0 unspecified atom stereocenters. The molecule has 174 valence electrons. The molecule has 34 heavy (non-hydrogen) atoms. The van der Waals surface area contributed by atoms with Crippen molar-refractivity contribution in [1.29, 1.82) is 0 Å². The third-order valence-corrected chi connectivity index (χ3v) is 5.27. The SMILES string of the molecule is COc1ccc(Oc2ccc(-c3cc(C(F)(F)F)c(N)c(=O)n3Cc3ccccc3)cc2)cc1. The summed E-state index contributed by atoms with van der Waals surface area (Å²) >= 11 is 0. The third-order valence-electron chi connectivity index (χ3n) is 5.27. The van der Waals surface area contributed by atoms with E-state index in [0.717, 1.165) is 11.6 Å². The van der Waals surface area contributed by atoms with E-state index in [1.165, 1.54) is 4.57 Å². The van der Waals surface area contributed by atoms with Gasteiger partial charge in [0.25, 0.3) is 5.56 Å². The molecule has 0 radical (unpaired) electrons. The van der Waals surface area contributed by atoms with Crippen molar-refractivity contribution in [3.8, 4) is 28.5 Å². The van der Waals surface area contributed by atoms with Gasteiger partial charge >= 0.3 is 6.18 Å². The number of anilines is 1. The molecule has 4 rings (SSSR count). The van der Waals surface area contributed by atoms with Gasteiger partial charge in [-0.15, -0.1) is 0 Å². The Labute approximate surface area is 193 Å². The molecule has 8 heteroatoms. The summed E-state index contributed by atoms with van der Waals surface area (Å²) in [6, 6.07) is 23.3. The number of benzene rings is 3. The molecule has 0 amide bonds. The predicted molar refractivity (Wildman–Crippen MR) is 124 cm³/mol. The lowest BCUT2D eigenvalue weighted by Gasteiger charge is -2.18. The number of rotatable bonds is 6. The van der Waals surface area contributed by atoms with Crippen LogP contribution >= 0.6 is 0 Å². The average molecular weight is 466 g/mol. The summed E-state index contributed by atoms with van der Waals surface area (Å²) in [4.78, 5) is 12.9. The van der Waals surface area contributed by atoms with E-state index in [0.29, 0.717) is 22.8 Å². The van der Waals surface area contributed by atoms with Crippen LogP contribution in [-0.2, 0) is 12.7 Å². The van der Waals surface area contributed by atoms with Gasteiger partial charge in [0.1, 0.15) is 22.9 Å². The lowest BCUT2D eigenvalue weighted by molar-refractivity contribution is -0.137. The number of nitrogens with zero attached hydrogens (tertiary/aromatic N) is 1. The van der Waals surface area contributed by atoms with Gasteiger partial charge in [-0.1, -0.05) is 30.3 Å². The summed E-state index contributed by atoms with van der Waals surface area (Å²) in [5, 5.41) is 0. The van der Waals surface area contributed by atoms with Crippen molar-refractivity contribution in [2.24, 2.45) is 0 Å². The molecule has 0 aliphatic heterocycles. The number of ether oxygens (including phenoxy) is 2. The molecule has 0 saturated heterocycles. The fraction of sp³-hybridized carbons (Fsp3) is 0.115. The molecule has 0 aliphatic rings. The van der Waals surface area contributed by atoms with Crippen LogP contribution in [0.4, 0.5) is 18.9 Å². The second-order valence-electron chi connectivity index (χ2n) is 7.53. The lowest BCUT2D eigenvalue weighted by Crippen LogP contribution is -2.28. The molecule has 4 aromatic rings. The molecule has 5 nitrogen and oxygen atoms in total. The van der Waals surface area contributed by atoms with Gasteiger partial charge < -0.3 is 19.8 Å². The summed E-state index contributed by atoms with van der Waals surface area (Å²) in [6.07, 6.45) is -4.76. The number of alkyl halides is 3. The van der Waals surface area contributed by atoms with Crippen LogP contribution in [0.1, 0.15) is 11.1 Å². The number of nitrogen functional groups attached to an aromatic ring is 1. The predicted octanol–water partition coefficient (Wildman–Crippen LogP) is 5.97. The van der Waals surface area contributed by atoms with Crippen molar-refractivity contribution in [2.75, 3.05) is 12.8 Å². The lowest BCUT2D eigenvalue weighted by atomic mass is 10.1. The van der Waals surface area contributed by atoms with E-state index >= 15 is 0 Å². The number of methoxy groups -OCH3 is 1. The van der Waals surface area contributed by atoms with E-state index < -0.39 is 23.0 Å². The average Bonchev–Trinajstić information content (AvgIpc) is 2.83. The number of nitrogens with two attached hydrogens (primary N) is 1. The van der Waals surface area contributed by atoms with Gasteiger partial charge in [0.15, 0.2) is 0 Å². The zero-order valence-corrected chi connectivity index (χ0v) is 18.2. The first-order valence-electron chi connectivity index (χ1n) is 10.3. The highest BCUT2D eigenvalue weighted by Gasteiger charge is 2.35. The van der Waals surface area contributed by atoms with E-state index in [1.807, 2.05) is 6.07 Å². The Bertz CT molecular complexity index is 1330. The van der Waals surface area contributed by atoms with Gasteiger partial charge in [-0.3, -0.25) is 4.79 Å². The molecule has 0 aliphatic carbocycles. The Morgan fingerprint density at radius 3 is 1.97 bits per heavy atom. The minimum absolute atomic E-state index is 0.0709. The number of pyridine rings is 1. The second kappa shape index (κ2) is 9.35. The second-order valence-corrected chi connectivity index (χ2v) is 7.53. The van der Waals surface area contributed by atoms with Crippen LogP contribution < -0.4 is 20.8 Å². The van der Waals surface area contributed by atoms with Crippen LogP contribution in [0.5, 0.6) is 17.2 Å². The van der Waals surface area contributed by atoms with Crippen LogP contribution in [-0.4, -0.2) is 11.7 Å². The quantitative estimate of drug-likeness (QED) is 0.381. The molecule has 3 aromatic carbocycles. The van der Waals surface area contributed by atoms with Crippen molar-refractivity contribution in [3.63, 3.8) is 0 Å². The minimum Gasteiger partial charge on any atom is -0.497 e. The summed E-state index contributed by atoms with van der Waals surface area (Å²) in [5.41, 5.74) is 4.01. The Balaban J connectivity index is 1.73. The van der Waals surface area contributed by atoms with Gasteiger partial charge in [0.2, 0.25) is 0 Å². The summed E-state index contributed by atoms with van der Waals surface area (Å²) in [7, 11) is 1.56. The van der Waals surface area contributed by atoms with Crippen molar-refractivity contribution >= 4 is 5.69 Å². The van der Waals surface area contributed by atoms with Gasteiger partial charge in [-0.05, 0) is 65.7 Å². The van der Waals surface area contributed by atoms with E-state index in [1.54, 1.807) is 79.9 Å². The summed E-state index contributed by atoms with van der Waals surface area (Å²) in [6.45, 7) is 0.0709. The van der Waals surface area contributed by atoms with Crippen molar-refractivity contribution in [1.82, 2.24) is 4.57 Å². The number of aromatic nitrogens is 1. The Kier molecular flexibility index (Phi) is 6.32. The van der Waals surface area contributed by atoms with E-state index in [-0.39, 0.29) is 12.2 Å². The van der Waals surface area contributed by atoms with Gasteiger partial charge in [-0.2, -0.15) is 13.2 Å². The molecule has 0 atom stereocenters. The highest BCUT2D eigenvalue weighted by molar-refractivity contribution is 5.65. The zero-order chi connectivity index (χ0) is 24.3. The Morgan fingerprint density at radius 2 is 1.41 bits per heavy atom. The van der Waals surface area contributed by atoms with Crippen LogP contribution in [0.15, 0.2) is 89.7 Å². The molecule has 0 saturated carbocycles. The molecule has 1 aromatic heterocycles. The fourth-order valence-electron chi connectivity index (χ4n) is 3.53. The first-order valence-corrected chi connectivity index (χ1v) is 10.3. The van der Waals surface area contributed by atoms with Gasteiger partial charge in [0, 0.05) is 0 Å². The van der Waals surface area contributed by atoms with Gasteiger partial charge in [0.05, 0.1) is 24.9 Å². The maximum absolute atomic E-state index is 13.6. The van der Waals surface area contributed by atoms with E-state index in [2.05, 4.69) is 0 Å². The summed E-state index contributed by atoms with van der Waals surface area (Å²) in [5.74, 6) is 1.74. The fourth-order valence-corrected chi connectivity index (χ4v) is 3.53. The first-order chi connectivity index (χ1) is 16.3. The molecular formula is C26H21F3N2O3. The summed E-state index contributed by atoms with van der Waals surface area (Å²) < 4.78 is 52.9. The largest absolute Gasteiger partial charge is 0.497 e. The van der Waals surface area contributed by atoms with E-state index in [4.69, 9.17) is 15.2 Å². The number of halogens is 3. The first kappa shape index (κ1) is 23.0. The minimum atomic E-state index is -4.76. The highest BCUT2D eigenvalue weighted by Crippen LogP contribution is 2.35. The number of hydrogen-bond acceptors (Lipinski definition) is 4. The Morgan fingerprint density at radius 1 is 0.853 bits per heavy atom. The van der Waals surface area contributed by atoms with Crippen LogP contribution in [0.25, 0.3) is 11.3 Å². The zero-order valence-electron chi connectivity index (χ0n) is 18.2. The molecule has 0 bridgehead atoms. The molecule has 1 heterocycles. The molecular weight excluding hydrogens is 445 g/mol. The smallest absolute Gasteiger partial charge is 0.418 e. The molecule has 0 spiro atoms. The Hall–Kier alpha value is -4.20.